The van der Waals surface area contributed by atoms with Crippen molar-refractivity contribution in [1.82, 2.24) is 14.3 Å². The molecule has 0 amide bonds. The molecule has 0 saturated heterocycles. The van der Waals surface area contributed by atoms with Gasteiger partial charge in [0.15, 0.2) is 17.5 Å². The Labute approximate surface area is 251 Å². The summed E-state index contributed by atoms with van der Waals surface area (Å²) in [6.07, 6.45) is -12.6. The Morgan fingerprint density at radius 3 is 2.07 bits per heavy atom. The highest BCUT2D eigenvalue weighted by Gasteiger charge is 2.33. The minimum absolute atomic E-state index is 0.0594. The zero-order valence-corrected chi connectivity index (χ0v) is 23.7. The lowest BCUT2D eigenvalue weighted by atomic mass is 10.1. The number of hydrogen-bond acceptors (Lipinski definition) is 5. The fourth-order valence-corrected chi connectivity index (χ4v) is 4.23. The Balaban J connectivity index is 1.80. The van der Waals surface area contributed by atoms with Crippen molar-refractivity contribution in [3.05, 3.63) is 100 Å². The lowest BCUT2D eigenvalue weighted by molar-refractivity contribution is -0.152. The average Bonchev–Trinajstić information content (AvgIpc) is 3.29. The van der Waals surface area contributed by atoms with Gasteiger partial charge >= 0.3 is 24.0 Å². The fourth-order valence-electron chi connectivity index (χ4n) is 4.23. The molecule has 1 unspecified atom stereocenters. The number of alkyl halides is 6. The second kappa shape index (κ2) is 12.7. The van der Waals surface area contributed by atoms with Crippen molar-refractivity contribution in [3.63, 3.8) is 0 Å². The van der Waals surface area contributed by atoms with Gasteiger partial charge in [0, 0.05) is 6.42 Å². The van der Waals surface area contributed by atoms with Crippen LogP contribution < -0.4 is 15.2 Å². The third-order valence-electron chi connectivity index (χ3n) is 6.54. The van der Waals surface area contributed by atoms with Crippen LogP contribution in [0, 0.1) is 5.82 Å². The van der Waals surface area contributed by atoms with E-state index in [1.807, 2.05) is 0 Å². The first-order valence-corrected chi connectivity index (χ1v) is 13.4. The number of carboxylic acids is 1. The van der Waals surface area contributed by atoms with Gasteiger partial charge in [-0.2, -0.15) is 31.0 Å². The van der Waals surface area contributed by atoms with Gasteiger partial charge in [-0.25, -0.2) is 18.5 Å². The number of rotatable bonds is 11. The van der Waals surface area contributed by atoms with Crippen molar-refractivity contribution in [1.29, 1.82) is 0 Å². The van der Waals surface area contributed by atoms with Gasteiger partial charge in [0.1, 0.15) is 17.3 Å². The molecule has 3 aromatic carbocycles. The Hall–Kier alpha value is -4.82. The number of ether oxygens (including phenoxy) is 2. The Bertz CT molecular complexity index is 1690. The Kier molecular flexibility index (Phi) is 9.30. The van der Waals surface area contributed by atoms with Crippen molar-refractivity contribution < 1.29 is 50.1 Å². The van der Waals surface area contributed by atoms with E-state index in [1.165, 1.54) is 56.3 Å². The average molecular weight is 642 g/mol. The highest BCUT2D eigenvalue weighted by Crippen LogP contribution is 2.33. The number of para-hydroxylation sites is 1. The molecule has 4 rings (SSSR count). The summed E-state index contributed by atoms with van der Waals surface area (Å²) in [5.74, 6) is -2.24. The molecule has 0 saturated carbocycles. The molecule has 0 aliphatic carbocycles. The van der Waals surface area contributed by atoms with E-state index in [0.29, 0.717) is 4.68 Å². The third-order valence-corrected chi connectivity index (χ3v) is 6.54. The summed E-state index contributed by atoms with van der Waals surface area (Å²) in [7, 11) is 0. The van der Waals surface area contributed by atoms with E-state index in [4.69, 9.17) is 9.47 Å². The van der Waals surface area contributed by atoms with Gasteiger partial charge in [-0.15, -0.1) is 5.10 Å². The summed E-state index contributed by atoms with van der Waals surface area (Å²) in [4.78, 5) is 25.0. The predicted molar refractivity (Wildman–Crippen MR) is 146 cm³/mol. The van der Waals surface area contributed by atoms with E-state index in [9.17, 15) is 45.4 Å². The standard InChI is InChI=1S/C30H26F7N3O5/c1-28(2,26(41)42)45-21-15-13-20(14-16-21)44-24(8-5-17-29(32,33)34)25-38-40(19-11-9-18(10-12-19)30(35,36)37)27(43)39(25)23-7-4-3-6-22(23)31/h3-4,6-7,9-16,24H,5,8,17H2,1-2H3,(H,41,42). The second-order valence-corrected chi connectivity index (χ2v) is 10.4. The van der Waals surface area contributed by atoms with E-state index in [1.54, 1.807) is 0 Å². The molecular formula is C30H26F7N3O5. The minimum atomic E-state index is -4.66. The SMILES string of the molecule is CC(C)(Oc1ccc(OC(CCCC(F)(F)F)c2nn(-c3ccc(C(F)(F)F)cc3)c(=O)n2-c2ccccc2F)cc1)C(=O)O. The molecule has 1 atom stereocenters. The fraction of sp³-hybridized carbons (Fsp3) is 0.300. The lowest BCUT2D eigenvalue weighted by Gasteiger charge is -2.22. The van der Waals surface area contributed by atoms with Crippen LogP contribution in [0.5, 0.6) is 11.5 Å². The smallest absolute Gasteiger partial charge is 0.416 e. The van der Waals surface area contributed by atoms with Crippen LogP contribution >= 0.6 is 0 Å². The second-order valence-electron chi connectivity index (χ2n) is 10.4. The van der Waals surface area contributed by atoms with Crippen molar-refractivity contribution in [2.45, 2.75) is 57.2 Å². The number of carboxylic acid groups (broad SMARTS) is 1. The molecule has 15 heteroatoms. The molecule has 8 nitrogen and oxygen atoms in total. The van der Waals surface area contributed by atoms with Crippen LogP contribution in [-0.4, -0.2) is 37.2 Å². The van der Waals surface area contributed by atoms with Crippen LogP contribution in [0.15, 0.2) is 77.6 Å². The maximum atomic E-state index is 15.0. The van der Waals surface area contributed by atoms with E-state index in [2.05, 4.69) is 5.10 Å². The van der Waals surface area contributed by atoms with Gasteiger partial charge in [-0.3, -0.25) is 0 Å². The van der Waals surface area contributed by atoms with Crippen molar-refractivity contribution >= 4 is 5.97 Å². The van der Waals surface area contributed by atoms with Crippen LogP contribution in [0.25, 0.3) is 11.4 Å². The van der Waals surface area contributed by atoms with E-state index < -0.39 is 59.9 Å². The van der Waals surface area contributed by atoms with Crippen molar-refractivity contribution in [2.75, 3.05) is 0 Å². The predicted octanol–water partition coefficient (Wildman–Crippen LogP) is 7.28. The highest BCUT2D eigenvalue weighted by molar-refractivity contribution is 5.76. The van der Waals surface area contributed by atoms with Gasteiger partial charge in [0.25, 0.3) is 0 Å². The summed E-state index contributed by atoms with van der Waals surface area (Å²) < 4.78 is 107. The van der Waals surface area contributed by atoms with Crippen LogP contribution in [0.1, 0.15) is 50.6 Å². The minimum Gasteiger partial charge on any atom is -0.482 e. The van der Waals surface area contributed by atoms with Crippen molar-refractivity contribution in [2.24, 2.45) is 0 Å². The largest absolute Gasteiger partial charge is 0.482 e. The molecule has 240 valence electrons. The molecule has 0 radical (unpaired) electrons. The van der Waals surface area contributed by atoms with Gasteiger partial charge < -0.3 is 14.6 Å². The molecule has 45 heavy (non-hydrogen) atoms. The van der Waals surface area contributed by atoms with Gasteiger partial charge in [0.05, 0.1) is 16.9 Å². The summed E-state index contributed by atoms with van der Waals surface area (Å²) in [5, 5.41) is 13.5. The van der Waals surface area contributed by atoms with Crippen LogP contribution in [-0.2, 0) is 11.0 Å². The molecule has 0 fully saturated rings. The van der Waals surface area contributed by atoms with Gasteiger partial charge in [-0.1, -0.05) is 12.1 Å². The summed E-state index contributed by atoms with van der Waals surface area (Å²) in [5.41, 5.74) is -4.04. The summed E-state index contributed by atoms with van der Waals surface area (Å²) in [6, 6.07) is 13.8. The van der Waals surface area contributed by atoms with Gasteiger partial charge in [0.2, 0.25) is 0 Å². The molecule has 1 heterocycles. The number of aliphatic carboxylic acids is 1. The maximum Gasteiger partial charge on any atom is 0.416 e. The van der Waals surface area contributed by atoms with E-state index in [0.717, 1.165) is 34.9 Å². The summed E-state index contributed by atoms with van der Waals surface area (Å²) in [6.45, 7) is 2.65. The molecule has 0 aliphatic heterocycles. The molecule has 1 aromatic heterocycles. The first kappa shape index (κ1) is 33.1. The monoisotopic (exact) mass is 641 g/mol. The van der Waals surface area contributed by atoms with Crippen molar-refractivity contribution in [3.8, 4) is 22.9 Å². The normalized spacial score (nSPS) is 13.0. The van der Waals surface area contributed by atoms with E-state index in [-0.39, 0.29) is 35.1 Å². The number of nitrogens with zero attached hydrogens (tertiary/aromatic N) is 3. The maximum absolute atomic E-state index is 15.0. The Morgan fingerprint density at radius 1 is 0.911 bits per heavy atom. The summed E-state index contributed by atoms with van der Waals surface area (Å²) >= 11 is 0. The number of benzene rings is 3. The Morgan fingerprint density at radius 2 is 1.51 bits per heavy atom. The zero-order chi connectivity index (χ0) is 33.2. The topological polar surface area (TPSA) is 95.6 Å². The quantitative estimate of drug-likeness (QED) is 0.173. The number of hydrogen-bond donors (Lipinski definition) is 1. The molecule has 0 aliphatic rings. The third kappa shape index (κ3) is 8.02. The first-order valence-electron chi connectivity index (χ1n) is 13.4. The van der Waals surface area contributed by atoms with Crippen LogP contribution in [0.4, 0.5) is 30.7 Å². The van der Waals surface area contributed by atoms with Crippen LogP contribution in [0.3, 0.4) is 0 Å². The zero-order valence-electron chi connectivity index (χ0n) is 23.7. The molecule has 0 spiro atoms. The molecule has 4 aromatic rings. The molecular weight excluding hydrogens is 615 g/mol. The number of carbonyl (C=O) groups is 1. The van der Waals surface area contributed by atoms with E-state index >= 15 is 0 Å². The first-order chi connectivity index (χ1) is 21.0. The molecule has 1 N–H and O–H groups in total. The van der Waals surface area contributed by atoms with Gasteiger partial charge in [-0.05, 0) is 87.4 Å². The van der Waals surface area contributed by atoms with Crippen LogP contribution in [0.2, 0.25) is 0 Å². The molecule has 0 bridgehead atoms. The number of halogens is 7. The highest BCUT2D eigenvalue weighted by atomic mass is 19.4. The number of aromatic nitrogens is 3. The lowest BCUT2D eigenvalue weighted by Crippen LogP contribution is -2.37.